The largest absolute Gasteiger partial charge is 0.453 e. The van der Waals surface area contributed by atoms with E-state index in [4.69, 9.17) is 27.9 Å². The third kappa shape index (κ3) is 3.17. The number of ether oxygens (including phenoxy) is 1. The second kappa shape index (κ2) is 7.14. The smallest absolute Gasteiger partial charge is 0.277 e. The zero-order chi connectivity index (χ0) is 19.8. The van der Waals surface area contributed by atoms with Crippen molar-refractivity contribution in [3.8, 4) is 11.5 Å². The molecule has 0 atom stereocenters. The normalized spacial score (nSPS) is 11.0. The Balaban J connectivity index is 1.81. The quantitative estimate of drug-likeness (QED) is 0.496. The van der Waals surface area contributed by atoms with Crippen molar-refractivity contribution >= 4 is 39.9 Å². The van der Waals surface area contributed by atoms with Crippen LogP contribution in [0.25, 0.3) is 10.9 Å². The molecular weight excluding hydrogens is 401 g/mol. The number of benzene rings is 2. The fourth-order valence-corrected chi connectivity index (χ4v) is 3.30. The Morgan fingerprint density at radius 2 is 1.89 bits per heavy atom. The van der Waals surface area contributed by atoms with E-state index in [1.165, 1.54) is 10.9 Å². The predicted molar refractivity (Wildman–Crippen MR) is 108 cm³/mol. The number of carbonyl (C=O) groups is 1. The van der Waals surface area contributed by atoms with E-state index >= 15 is 0 Å². The van der Waals surface area contributed by atoms with Crippen LogP contribution >= 0.6 is 23.2 Å². The summed E-state index contributed by atoms with van der Waals surface area (Å²) in [5, 5.41) is 4.02. The van der Waals surface area contributed by atoms with Crippen molar-refractivity contribution in [2.75, 3.05) is 0 Å². The summed E-state index contributed by atoms with van der Waals surface area (Å²) in [6.07, 6.45) is 2.98. The van der Waals surface area contributed by atoms with Crippen molar-refractivity contribution in [3.63, 3.8) is 0 Å². The third-order valence-electron chi connectivity index (χ3n) is 4.28. The number of aryl methyl sites for hydroxylation is 1. The minimum atomic E-state index is -0.394. The molecule has 140 valence electrons. The number of para-hydroxylation sites is 1. The van der Waals surface area contributed by atoms with Crippen molar-refractivity contribution < 1.29 is 9.53 Å². The first kappa shape index (κ1) is 18.3. The number of H-pyrrole nitrogens is 1. The summed E-state index contributed by atoms with van der Waals surface area (Å²) in [5.74, 6) is 0.362. The van der Waals surface area contributed by atoms with Crippen LogP contribution in [-0.2, 0) is 7.05 Å². The molecule has 2 aromatic heterocycles. The first-order valence-electron chi connectivity index (χ1n) is 8.25. The maximum Gasteiger partial charge on any atom is 0.277 e. The Hall–Kier alpha value is -3.09. The molecule has 0 radical (unpaired) electrons. The van der Waals surface area contributed by atoms with Gasteiger partial charge in [0, 0.05) is 30.4 Å². The summed E-state index contributed by atoms with van der Waals surface area (Å²) < 4.78 is 7.17. The number of hydrogen-bond acceptors (Lipinski definition) is 4. The van der Waals surface area contributed by atoms with E-state index in [2.05, 4.69) is 10.1 Å². The average Bonchev–Trinajstić information content (AvgIpc) is 3.02. The Kier molecular flexibility index (Phi) is 4.66. The Morgan fingerprint density at radius 1 is 1.14 bits per heavy atom. The second-order valence-corrected chi connectivity index (χ2v) is 6.89. The molecule has 4 aromatic rings. The van der Waals surface area contributed by atoms with Gasteiger partial charge in [0.2, 0.25) is 0 Å². The fraction of sp³-hybridized carbons (Fsp3) is 0.0500. The highest BCUT2D eigenvalue weighted by atomic mass is 35.5. The number of halogens is 2. The molecule has 0 saturated heterocycles. The highest BCUT2D eigenvalue weighted by Gasteiger charge is 2.17. The number of ketones is 1. The second-order valence-electron chi connectivity index (χ2n) is 6.07. The molecular formula is C20H13Cl2N3O3. The van der Waals surface area contributed by atoms with Crippen molar-refractivity contribution in [2.45, 2.75) is 0 Å². The molecule has 1 N–H and O–H groups in total. The van der Waals surface area contributed by atoms with Gasteiger partial charge in [-0.05, 0) is 36.4 Å². The summed E-state index contributed by atoms with van der Waals surface area (Å²) in [7, 11) is 1.54. The van der Waals surface area contributed by atoms with Crippen molar-refractivity contribution in [1.29, 1.82) is 0 Å². The number of aromatic nitrogens is 3. The number of rotatable bonds is 4. The number of aromatic amines is 1. The first-order valence-corrected chi connectivity index (χ1v) is 9.01. The molecule has 0 unspecified atom stereocenters. The number of hydrogen-bond donors (Lipinski definition) is 1. The highest BCUT2D eigenvalue weighted by Crippen LogP contribution is 2.38. The van der Waals surface area contributed by atoms with Gasteiger partial charge in [0.15, 0.2) is 11.5 Å². The third-order valence-corrected chi connectivity index (χ3v) is 4.87. The molecule has 0 aliphatic heterocycles. The molecule has 28 heavy (non-hydrogen) atoms. The molecule has 0 aliphatic carbocycles. The van der Waals surface area contributed by atoms with Crippen LogP contribution in [-0.4, -0.2) is 20.5 Å². The van der Waals surface area contributed by atoms with Gasteiger partial charge >= 0.3 is 0 Å². The zero-order valence-electron chi connectivity index (χ0n) is 14.6. The molecule has 2 aromatic carbocycles. The molecule has 0 spiro atoms. The van der Waals surface area contributed by atoms with Crippen LogP contribution in [0.1, 0.15) is 15.9 Å². The van der Waals surface area contributed by atoms with Crippen LogP contribution in [0.3, 0.4) is 0 Å². The molecule has 4 rings (SSSR count). The van der Waals surface area contributed by atoms with Gasteiger partial charge in [0.1, 0.15) is 11.3 Å². The summed E-state index contributed by atoms with van der Waals surface area (Å²) >= 11 is 12.4. The van der Waals surface area contributed by atoms with Gasteiger partial charge in [-0.3, -0.25) is 19.3 Å². The minimum absolute atomic E-state index is 0.0577. The standard InChI is InChI=1S/C20H13Cl2N3O3/c1-25-20(27)13(10-24-25)18(26)11-5-6-16-12(9-11)17(7-8-23-16)28-19-14(21)3-2-4-15(19)22/h2-10,24H,1H3. The Bertz CT molecular complexity index is 1260. The van der Waals surface area contributed by atoms with Gasteiger partial charge in [-0.1, -0.05) is 29.3 Å². The van der Waals surface area contributed by atoms with Crippen molar-refractivity contribution in [1.82, 2.24) is 14.8 Å². The van der Waals surface area contributed by atoms with E-state index in [9.17, 15) is 9.59 Å². The van der Waals surface area contributed by atoms with E-state index in [-0.39, 0.29) is 5.56 Å². The molecule has 0 amide bonds. The number of carbonyl (C=O) groups excluding carboxylic acids is 1. The van der Waals surface area contributed by atoms with Crippen LogP contribution in [0.4, 0.5) is 0 Å². The minimum Gasteiger partial charge on any atom is -0.453 e. The SMILES string of the molecule is Cn1[nH]cc(C(=O)c2ccc3nccc(Oc4c(Cl)cccc4Cl)c3c2)c1=O. The maximum atomic E-state index is 12.8. The first-order chi connectivity index (χ1) is 13.5. The monoisotopic (exact) mass is 413 g/mol. The van der Waals surface area contributed by atoms with Gasteiger partial charge in [-0.25, -0.2) is 0 Å². The number of fused-ring (bicyclic) bond motifs is 1. The number of nitrogens with one attached hydrogen (secondary N) is 1. The fourth-order valence-electron chi connectivity index (χ4n) is 2.82. The molecule has 0 fully saturated rings. The van der Waals surface area contributed by atoms with Crippen LogP contribution in [0.2, 0.25) is 10.0 Å². The molecule has 0 aliphatic rings. The summed E-state index contributed by atoms with van der Waals surface area (Å²) in [4.78, 5) is 29.1. The maximum absolute atomic E-state index is 12.8. The van der Waals surface area contributed by atoms with Crippen LogP contribution in [0, 0.1) is 0 Å². The van der Waals surface area contributed by atoms with Crippen LogP contribution in [0.15, 0.2) is 59.7 Å². The number of pyridine rings is 1. The van der Waals surface area contributed by atoms with Crippen molar-refractivity contribution in [2.24, 2.45) is 7.05 Å². The number of nitrogens with zero attached hydrogens (tertiary/aromatic N) is 2. The lowest BCUT2D eigenvalue weighted by Crippen LogP contribution is -2.19. The summed E-state index contributed by atoms with van der Waals surface area (Å²) in [6, 6.07) is 11.7. The van der Waals surface area contributed by atoms with Gasteiger partial charge in [-0.2, -0.15) is 0 Å². The highest BCUT2D eigenvalue weighted by molar-refractivity contribution is 6.37. The van der Waals surface area contributed by atoms with E-state index in [0.29, 0.717) is 38.0 Å². The van der Waals surface area contributed by atoms with Crippen LogP contribution in [0.5, 0.6) is 11.5 Å². The van der Waals surface area contributed by atoms with Crippen LogP contribution < -0.4 is 10.3 Å². The Morgan fingerprint density at radius 3 is 2.57 bits per heavy atom. The lowest BCUT2D eigenvalue weighted by Gasteiger charge is -2.12. The van der Waals surface area contributed by atoms with E-state index in [1.807, 2.05) is 0 Å². The lowest BCUT2D eigenvalue weighted by molar-refractivity contribution is 0.103. The van der Waals surface area contributed by atoms with Crippen molar-refractivity contribution in [3.05, 3.63) is 86.4 Å². The van der Waals surface area contributed by atoms with Gasteiger partial charge in [0.25, 0.3) is 5.56 Å². The molecule has 2 heterocycles. The molecule has 8 heteroatoms. The van der Waals surface area contributed by atoms with Gasteiger partial charge in [-0.15, -0.1) is 0 Å². The summed E-state index contributed by atoms with van der Waals surface area (Å²) in [5.41, 5.74) is 0.629. The van der Waals surface area contributed by atoms with Gasteiger partial charge in [0.05, 0.1) is 15.6 Å². The van der Waals surface area contributed by atoms with E-state index in [0.717, 1.165) is 0 Å². The zero-order valence-corrected chi connectivity index (χ0v) is 16.1. The van der Waals surface area contributed by atoms with E-state index < -0.39 is 11.3 Å². The summed E-state index contributed by atoms with van der Waals surface area (Å²) in [6.45, 7) is 0. The molecule has 0 saturated carbocycles. The predicted octanol–water partition coefficient (Wildman–Crippen LogP) is 4.59. The topological polar surface area (TPSA) is 77.0 Å². The Labute approximate surface area is 169 Å². The van der Waals surface area contributed by atoms with E-state index in [1.54, 1.807) is 55.7 Å². The average molecular weight is 414 g/mol. The molecule has 0 bridgehead atoms. The molecule has 6 nitrogen and oxygen atoms in total. The van der Waals surface area contributed by atoms with Gasteiger partial charge < -0.3 is 9.84 Å². The lowest BCUT2D eigenvalue weighted by atomic mass is 10.0.